The first-order chi connectivity index (χ1) is 8.07. The Morgan fingerprint density at radius 3 is 2.53 bits per heavy atom. The van der Waals surface area contributed by atoms with E-state index in [-0.39, 0.29) is 0 Å². The molecule has 0 aliphatic rings. The van der Waals surface area contributed by atoms with Crippen molar-refractivity contribution in [2.75, 3.05) is 13.6 Å². The Balaban J connectivity index is 2.69. The Hall–Kier alpha value is -1.28. The molecule has 1 aromatic heterocycles. The van der Waals surface area contributed by atoms with E-state index in [1.165, 1.54) is 33.3 Å². The van der Waals surface area contributed by atoms with Gasteiger partial charge < -0.3 is 9.88 Å². The maximum absolute atomic E-state index is 3.23. The molecular formula is C15H22N2. The van der Waals surface area contributed by atoms with Gasteiger partial charge in [0.25, 0.3) is 0 Å². The van der Waals surface area contributed by atoms with E-state index in [1.807, 2.05) is 7.05 Å². The van der Waals surface area contributed by atoms with E-state index in [1.54, 1.807) is 0 Å². The Kier molecular flexibility index (Phi) is 3.25. The maximum atomic E-state index is 3.23. The zero-order chi connectivity index (χ0) is 12.6. The van der Waals surface area contributed by atoms with Crippen LogP contribution >= 0.6 is 0 Å². The van der Waals surface area contributed by atoms with E-state index in [0.717, 1.165) is 13.0 Å². The third-order valence-electron chi connectivity index (χ3n) is 3.93. The van der Waals surface area contributed by atoms with E-state index in [4.69, 9.17) is 0 Å². The molecule has 2 heteroatoms. The van der Waals surface area contributed by atoms with E-state index in [2.05, 4.69) is 49.8 Å². The maximum Gasteiger partial charge on any atom is 0.0515 e. The fourth-order valence-electron chi connectivity index (χ4n) is 2.61. The van der Waals surface area contributed by atoms with Gasteiger partial charge in [-0.2, -0.15) is 0 Å². The zero-order valence-electron chi connectivity index (χ0n) is 11.5. The molecule has 0 amide bonds. The van der Waals surface area contributed by atoms with Crippen molar-refractivity contribution in [3.05, 3.63) is 34.5 Å². The van der Waals surface area contributed by atoms with Crippen LogP contribution in [0.25, 0.3) is 10.9 Å². The van der Waals surface area contributed by atoms with Gasteiger partial charge in [0.1, 0.15) is 0 Å². The van der Waals surface area contributed by atoms with Crippen molar-refractivity contribution in [3.63, 3.8) is 0 Å². The normalized spacial score (nSPS) is 11.4. The molecule has 2 nitrogen and oxygen atoms in total. The molecule has 1 N–H and O–H groups in total. The topological polar surface area (TPSA) is 17.0 Å². The minimum atomic E-state index is 1.03. The summed E-state index contributed by atoms with van der Waals surface area (Å²) >= 11 is 0. The van der Waals surface area contributed by atoms with Gasteiger partial charge in [0, 0.05) is 18.1 Å². The number of nitrogens with zero attached hydrogens (tertiary/aromatic N) is 1. The molecule has 0 unspecified atom stereocenters. The van der Waals surface area contributed by atoms with Crippen LogP contribution in [0, 0.1) is 20.8 Å². The highest BCUT2D eigenvalue weighted by molar-refractivity contribution is 5.89. The monoisotopic (exact) mass is 230 g/mol. The Morgan fingerprint density at radius 1 is 1.18 bits per heavy atom. The number of hydrogen-bond acceptors (Lipinski definition) is 1. The van der Waals surface area contributed by atoms with Gasteiger partial charge in [0.05, 0.1) is 5.52 Å². The zero-order valence-corrected chi connectivity index (χ0v) is 11.5. The molecule has 2 aromatic rings. The number of aryl methyl sites for hydroxylation is 3. The Labute approximate surface area is 104 Å². The lowest BCUT2D eigenvalue weighted by Crippen LogP contribution is -2.10. The summed E-state index contributed by atoms with van der Waals surface area (Å²) in [7, 11) is 4.18. The van der Waals surface area contributed by atoms with Crippen molar-refractivity contribution >= 4 is 10.9 Å². The number of fused-ring (bicyclic) bond motifs is 1. The van der Waals surface area contributed by atoms with Crippen molar-refractivity contribution in [2.24, 2.45) is 7.05 Å². The molecule has 1 aromatic carbocycles. The Morgan fingerprint density at radius 2 is 1.88 bits per heavy atom. The second-order valence-corrected chi connectivity index (χ2v) is 4.88. The molecule has 0 aliphatic carbocycles. The molecule has 1 heterocycles. The lowest BCUT2D eigenvalue weighted by molar-refractivity contribution is 0.783. The first-order valence-electron chi connectivity index (χ1n) is 6.26. The first-order valence-corrected chi connectivity index (χ1v) is 6.26. The number of rotatable bonds is 3. The Bertz CT molecular complexity index is 550. The number of hydrogen-bond donors (Lipinski definition) is 1. The largest absolute Gasteiger partial charge is 0.347 e. The smallest absolute Gasteiger partial charge is 0.0515 e. The van der Waals surface area contributed by atoms with Gasteiger partial charge in [0.2, 0.25) is 0 Å². The summed E-state index contributed by atoms with van der Waals surface area (Å²) in [6.07, 6.45) is 1.10. The lowest BCUT2D eigenvalue weighted by atomic mass is 10.0. The predicted octanol–water partition coefficient (Wildman–Crippen LogP) is 2.87. The summed E-state index contributed by atoms with van der Waals surface area (Å²) < 4.78 is 2.34. The van der Waals surface area contributed by atoms with Crippen LogP contribution in [0.3, 0.4) is 0 Å². The minimum Gasteiger partial charge on any atom is -0.347 e. The standard InChI is InChI=1S/C15H22N2/c1-10-6-7-14-13(8-9-16-4)12(3)17(5)15(14)11(10)2/h6-7,16H,8-9H2,1-5H3. The molecule has 2 rings (SSSR count). The summed E-state index contributed by atoms with van der Waals surface area (Å²) in [5.74, 6) is 0. The molecule has 0 spiro atoms. The third kappa shape index (κ3) is 1.87. The van der Waals surface area contributed by atoms with Crippen LogP contribution < -0.4 is 5.32 Å². The highest BCUT2D eigenvalue weighted by atomic mass is 14.9. The first kappa shape index (κ1) is 12.2. The number of benzene rings is 1. The number of nitrogens with one attached hydrogen (secondary N) is 1. The van der Waals surface area contributed by atoms with E-state index < -0.39 is 0 Å². The van der Waals surface area contributed by atoms with E-state index in [0.29, 0.717) is 0 Å². The second-order valence-electron chi connectivity index (χ2n) is 4.88. The minimum absolute atomic E-state index is 1.03. The van der Waals surface area contributed by atoms with Crippen molar-refractivity contribution in [2.45, 2.75) is 27.2 Å². The summed E-state index contributed by atoms with van der Waals surface area (Å²) in [4.78, 5) is 0. The summed E-state index contributed by atoms with van der Waals surface area (Å²) in [5, 5.41) is 4.65. The van der Waals surface area contributed by atoms with Crippen LogP contribution in [-0.4, -0.2) is 18.2 Å². The molecule has 0 radical (unpaired) electrons. The van der Waals surface area contributed by atoms with Gasteiger partial charge in [0.15, 0.2) is 0 Å². The fraction of sp³-hybridized carbons (Fsp3) is 0.467. The lowest BCUT2D eigenvalue weighted by Gasteiger charge is -2.05. The summed E-state index contributed by atoms with van der Waals surface area (Å²) in [6.45, 7) is 7.66. The van der Waals surface area contributed by atoms with Crippen LogP contribution in [-0.2, 0) is 13.5 Å². The van der Waals surface area contributed by atoms with Gasteiger partial charge >= 0.3 is 0 Å². The molecule has 0 saturated heterocycles. The molecule has 0 fully saturated rings. The van der Waals surface area contributed by atoms with Gasteiger partial charge in [-0.05, 0) is 57.5 Å². The van der Waals surface area contributed by atoms with Gasteiger partial charge in [-0.25, -0.2) is 0 Å². The molecule has 17 heavy (non-hydrogen) atoms. The van der Waals surface area contributed by atoms with Crippen LogP contribution in [0.15, 0.2) is 12.1 Å². The van der Waals surface area contributed by atoms with E-state index in [9.17, 15) is 0 Å². The van der Waals surface area contributed by atoms with Gasteiger partial charge in [-0.1, -0.05) is 12.1 Å². The fourth-order valence-corrected chi connectivity index (χ4v) is 2.61. The summed E-state index contributed by atoms with van der Waals surface area (Å²) in [6, 6.07) is 4.51. The average Bonchev–Trinajstić information content (AvgIpc) is 2.55. The predicted molar refractivity (Wildman–Crippen MR) is 74.8 cm³/mol. The highest BCUT2D eigenvalue weighted by Crippen LogP contribution is 2.29. The highest BCUT2D eigenvalue weighted by Gasteiger charge is 2.13. The van der Waals surface area contributed by atoms with Crippen molar-refractivity contribution in [1.82, 2.24) is 9.88 Å². The number of aromatic nitrogens is 1. The molecule has 0 saturated carbocycles. The van der Waals surface area contributed by atoms with Crippen LogP contribution in [0.4, 0.5) is 0 Å². The van der Waals surface area contributed by atoms with Crippen molar-refractivity contribution in [1.29, 1.82) is 0 Å². The van der Waals surface area contributed by atoms with Crippen LogP contribution in [0.1, 0.15) is 22.4 Å². The SMILES string of the molecule is CNCCc1c(C)n(C)c2c(C)c(C)ccc12. The van der Waals surface area contributed by atoms with Crippen molar-refractivity contribution in [3.8, 4) is 0 Å². The van der Waals surface area contributed by atoms with Crippen molar-refractivity contribution < 1.29 is 0 Å². The quantitative estimate of drug-likeness (QED) is 0.858. The van der Waals surface area contributed by atoms with Gasteiger partial charge in [-0.3, -0.25) is 0 Å². The molecule has 0 aliphatic heterocycles. The molecular weight excluding hydrogens is 208 g/mol. The summed E-state index contributed by atoms with van der Waals surface area (Å²) in [5.41, 5.74) is 7.06. The molecule has 0 atom stereocenters. The van der Waals surface area contributed by atoms with Gasteiger partial charge in [-0.15, -0.1) is 0 Å². The molecule has 0 bridgehead atoms. The average molecular weight is 230 g/mol. The van der Waals surface area contributed by atoms with E-state index >= 15 is 0 Å². The number of likely N-dealkylation sites (N-methyl/N-ethyl adjacent to an activating group) is 1. The molecule has 92 valence electrons. The van der Waals surface area contributed by atoms with Crippen LogP contribution in [0.2, 0.25) is 0 Å². The van der Waals surface area contributed by atoms with Crippen LogP contribution in [0.5, 0.6) is 0 Å². The second kappa shape index (κ2) is 4.53. The third-order valence-corrected chi connectivity index (χ3v) is 3.93.